The number of Topliss-reactive ketones (excluding diaryl/α,β-unsaturated/α-hetero) is 1. The first-order valence-electron chi connectivity index (χ1n) is 10.5. The van der Waals surface area contributed by atoms with Crippen molar-refractivity contribution in [3.05, 3.63) is 53.0 Å². The van der Waals surface area contributed by atoms with Crippen LogP contribution in [0.15, 0.2) is 24.4 Å². The van der Waals surface area contributed by atoms with Gasteiger partial charge in [0.15, 0.2) is 17.4 Å². The van der Waals surface area contributed by atoms with Crippen LogP contribution in [0.25, 0.3) is 10.9 Å². The maximum absolute atomic E-state index is 14.0. The molecule has 7 nitrogen and oxygen atoms in total. The summed E-state index contributed by atoms with van der Waals surface area (Å²) < 4.78 is 58.4. The van der Waals surface area contributed by atoms with Crippen molar-refractivity contribution >= 4 is 22.6 Å². The van der Waals surface area contributed by atoms with Crippen LogP contribution in [-0.2, 0) is 17.8 Å². The second-order valence-electron chi connectivity index (χ2n) is 8.63. The number of carbonyl (C=O) groups is 2. The van der Waals surface area contributed by atoms with Crippen molar-refractivity contribution in [1.82, 2.24) is 19.7 Å². The van der Waals surface area contributed by atoms with Gasteiger partial charge in [0.1, 0.15) is 5.69 Å². The van der Waals surface area contributed by atoms with Crippen molar-refractivity contribution in [1.29, 1.82) is 0 Å². The molecule has 33 heavy (non-hydrogen) atoms. The Morgan fingerprint density at radius 3 is 2.73 bits per heavy atom. The van der Waals surface area contributed by atoms with Gasteiger partial charge in [-0.15, -0.1) is 0 Å². The van der Waals surface area contributed by atoms with Crippen LogP contribution in [0.1, 0.15) is 45.8 Å². The summed E-state index contributed by atoms with van der Waals surface area (Å²) in [6, 6.07) is 3.62. The standard InChI is InChI=1S/C22H20F4N4O3/c23-14-1-2-15-12(19(14)24)7-16(28-15)20(32)29-5-6-30-17(10-29)13(9-27-30)18(31)8-22(3-4-22)11-33-21(25)26/h1-2,7,9,21,28H,3-6,8,10-11H2. The average molecular weight is 464 g/mol. The highest BCUT2D eigenvalue weighted by Gasteiger charge is 2.46. The van der Waals surface area contributed by atoms with E-state index in [4.69, 9.17) is 0 Å². The highest BCUT2D eigenvalue weighted by molar-refractivity contribution is 5.99. The van der Waals surface area contributed by atoms with Crippen molar-refractivity contribution in [3.8, 4) is 0 Å². The van der Waals surface area contributed by atoms with E-state index in [9.17, 15) is 27.2 Å². The number of fused-ring (bicyclic) bond motifs is 2. The Balaban J connectivity index is 1.33. The van der Waals surface area contributed by atoms with Crippen LogP contribution in [0.4, 0.5) is 17.6 Å². The lowest BCUT2D eigenvalue weighted by molar-refractivity contribution is -0.140. The lowest BCUT2D eigenvalue weighted by Crippen LogP contribution is -2.39. The van der Waals surface area contributed by atoms with Crippen LogP contribution >= 0.6 is 0 Å². The number of ketones is 1. The molecular weight excluding hydrogens is 444 g/mol. The molecule has 1 aliphatic carbocycles. The molecule has 11 heteroatoms. The van der Waals surface area contributed by atoms with Crippen LogP contribution in [0, 0.1) is 17.0 Å². The summed E-state index contributed by atoms with van der Waals surface area (Å²) in [5.41, 5.74) is 0.738. The maximum atomic E-state index is 14.0. The normalized spacial score (nSPS) is 16.9. The average Bonchev–Trinajstić information content (AvgIpc) is 3.21. The molecule has 3 heterocycles. The van der Waals surface area contributed by atoms with Gasteiger partial charge in [-0.1, -0.05) is 0 Å². The summed E-state index contributed by atoms with van der Waals surface area (Å²) in [5.74, 6) is -2.68. The minimum absolute atomic E-state index is 0.0167. The molecule has 0 atom stereocenters. The largest absolute Gasteiger partial charge is 0.350 e. The van der Waals surface area contributed by atoms with E-state index in [0.29, 0.717) is 42.7 Å². The van der Waals surface area contributed by atoms with Gasteiger partial charge in [0.25, 0.3) is 5.91 Å². The third-order valence-electron chi connectivity index (χ3n) is 6.39. The highest BCUT2D eigenvalue weighted by Crippen LogP contribution is 2.50. The van der Waals surface area contributed by atoms with Gasteiger partial charge in [0.05, 0.1) is 37.2 Å². The number of hydrogen-bond acceptors (Lipinski definition) is 4. The molecule has 2 aliphatic rings. The van der Waals surface area contributed by atoms with Crippen molar-refractivity contribution in [3.63, 3.8) is 0 Å². The van der Waals surface area contributed by atoms with E-state index >= 15 is 0 Å². The van der Waals surface area contributed by atoms with Gasteiger partial charge >= 0.3 is 6.61 Å². The number of ether oxygens (including phenoxy) is 1. The number of aromatic amines is 1. The summed E-state index contributed by atoms with van der Waals surface area (Å²) in [6.07, 6.45) is 2.78. The Morgan fingerprint density at radius 2 is 2.00 bits per heavy atom. The molecule has 5 rings (SSSR count). The maximum Gasteiger partial charge on any atom is 0.345 e. The summed E-state index contributed by atoms with van der Waals surface area (Å²) >= 11 is 0. The van der Waals surface area contributed by atoms with E-state index in [2.05, 4.69) is 14.8 Å². The first kappa shape index (κ1) is 21.6. The predicted molar refractivity (Wildman–Crippen MR) is 108 cm³/mol. The van der Waals surface area contributed by atoms with Gasteiger partial charge in [0, 0.05) is 29.3 Å². The molecule has 0 radical (unpaired) electrons. The number of rotatable bonds is 7. The van der Waals surface area contributed by atoms with E-state index in [1.807, 2.05) is 0 Å². The van der Waals surface area contributed by atoms with Crippen molar-refractivity contribution in [2.45, 2.75) is 39.0 Å². The number of halogens is 4. The zero-order valence-corrected chi connectivity index (χ0v) is 17.4. The number of amides is 1. The summed E-state index contributed by atoms with van der Waals surface area (Å²) in [5, 5.41) is 4.22. The first-order chi connectivity index (χ1) is 15.8. The number of alkyl halides is 2. The molecule has 1 amide bonds. The Labute approximate surface area is 185 Å². The van der Waals surface area contributed by atoms with E-state index in [1.54, 1.807) is 4.68 Å². The molecule has 0 unspecified atom stereocenters. The van der Waals surface area contributed by atoms with Gasteiger partial charge < -0.3 is 14.6 Å². The molecule has 0 spiro atoms. The molecular formula is C22H20F4N4O3. The van der Waals surface area contributed by atoms with Crippen LogP contribution < -0.4 is 0 Å². The SMILES string of the molecule is O=C(CC1(COC(F)F)CC1)c1cnn2c1CN(C(=O)c1cc3c(F)c(F)ccc3[nH]1)CC2. The molecule has 1 aromatic carbocycles. The molecule has 3 aromatic rings. The number of nitrogens with zero attached hydrogens (tertiary/aromatic N) is 3. The summed E-state index contributed by atoms with van der Waals surface area (Å²) in [4.78, 5) is 30.3. The fourth-order valence-electron chi connectivity index (χ4n) is 4.30. The smallest absolute Gasteiger partial charge is 0.345 e. The van der Waals surface area contributed by atoms with Crippen LogP contribution in [0.3, 0.4) is 0 Å². The lowest BCUT2D eigenvalue weighted by atomic mass is 9.96. The van der Waals surface area contributed by atoms with Gasteiger partial charge in [0.2, 0.25) is 0 Å². The predicted octanol–water partition coefficient (Wildman–Crippen LogP) is 3.89. The fraction of sp³-hybridized carbons (Fsp3) is 0.409. The molecule has 0 saturated heterocycles. The number of nitrogens with one attached hydrogen (secondary N) is 1. The molecule has 1 N–H and O–H groups in total. The van der Waals surface area contributed by atoms with Crippen molar-refractivity contribution in [2.24, 2.45) is 5.41 Å². The zero-order valence-electron chi connectivity index (χ0n) is 17.4. The fourth-order valence-corrected chi connectivity index (χ4v) is 4.30. The number of H-pyrrole nitrogens is 1. The van der Waals surface area contributed by atoms with Gasteiger partial charge in [-0.3, -0.25) is 14.3 Å². The second kappa shape index (κ2) is 7.98. The Kier molecular flexibility index (Phi) is 5.23. The number of carbonyl (C=O) groups excluding carboxylic acids is 2. The third-order valence-corrected chi connectivity index (χ3v) is 6.39. The first-order valence-corrected chi connectivity index (χ1v) is 10.5. The van der Waals surface area contributed by atoms with Crippen molar-refractivity contribution < 1.29 is 31.9 Å². The van der Waals surface area contributed by atoms with E-state index in [-0.39, 0.29) is 36.4 Å². The minimum Gasteiger partial charge on any atom is -0.350 e. The van der Waals surface area contributed by atoms with E-state index < -0.39 is 29.6 Å². The Hall–Kier alpha value is -3.21. The molecule has 2 aromatic heterocycles. The van der Waals surface area contributed by atoms with E-state index in [0.717, 1.165) is 6.07 Å². The van der Waals surface area contributed by atoms with Gasteiger partial charge in [-0.05, 0) is 31.0 Å². The zero-order chi connectivity index (χ0) is 23.3. The molecule has 1 fully saturated rings. The number of benzene rings is 1. The number of aromatic nitrogens is 3. The third kappa shape index (κ3) is 4.01. The second-order valence-corrected chi connectivity index (χ2v) is 8.63. The molecule has 1 aliphatic heterocycles. The summed E-state index contributed by atoms with van der Waals surface area (Å²) in [6.45, 7) is -2.28. The quantitative estimate of drug-likeness (QED) is 0.425. The van der Waals surface area contributed by atoms with Gasteiger partial charge in [-0.2, -0.15) is 13.9 Å². The molecule has 0 bridgehead atoms. The van der Waals surface area contributed by atoms with E-state index in [1.165, 1.54) is 23.2 Å². The summed E-state index contributed by atoms with van der Waals surface area (Å²) in [7, 11) is 0. The minimum atomic E-state index is -2.88. The Morgan fingerprint density at radius 1 is 1.21 bits per heavy atom. The van der Waals surface area contributed by atoms with Crippen LogP contribution in [0.5, 0.6) is 0 Å². The topological polar surface area (TPSA) is 80.2 Å². The molecule has 174 valence electrons. The van der Waals surface area contributed by atoms with Crippen LogP contribution in [-0.4, -0.2) is 51.1 Å². The number of hydrogen-bond donors (Lipinski definition) is 1. The Bertz CT molecular complexity index is 1250. The van der Waals surface area contributed by atoms with Crippen molar-refractivity contribution in [2.75, 3.05) is 13.2 Å². The lowest BCUT2D eigenvalue weighted by Gasteiger charge is -2.28. The van der Waals surface area contributed by atoms with Gasteiger partial charge in [-0.25, -0.2) is 8.78 Å². The highest BCUT2D eigenvalue weighted by atomic mass is 19.3. The van der Waals surface area contributed by atoms with Crippen LogP contribution in [0.2, 0.25) is 0 Å². The molecule has 1 saturated carbocycles. The monoisotopic (exact) mass is 464 g/mol.